The zero-order chi connectivity index (χ0) is 13.8. The maximum Gasteiger partial charge on any atom is 0.337 e. The van der Waals surface area contributed by atoms with Gasteiger partial charge in [0.25, 0.3) is 0 Å². The molecule has 2 rings (SSSR count). The molecule has 0 atom stereocenters. The number of hydrogen-bond donors (Lipinski definition) is 3. The highest BCUT2D eigenvalue weighted by atomic mass is 16.4. The molecular formula is C15H16N2O2. The number of carboxylic acid groups (broad SMARTS) is 1. The van der Waals surface area contributed by atoms with Crippen LogP contribution in [0.15, 0.2) is 42.5 Å². The lowest BCUT2D eigenvalue weighted by molar-refractivity contribution is 0.0698. The molecule has 2 aromatic carbocycles. The fraction of sp³-hybridized carbons (Fsp3) is 0.133. The van der Waals surface area contributed by atoms with Crippen LogP contribution >= 0.6 is 0 Å². The summed E-state index contributed by atoms with van der Waals surface area (Å²) in [5.74, 6) is -1.02. The molecule has 0 bridgehead atoms. The number of nitrogens with one attached hydrogen (secondary N) is 1. The molecule has 0 aliphatic heterocycles. The Morgan fingerprint density at radius 3 is 2.68 bits per heavy atom. The molecule has 0 radical (unpaired) electrons. The van der Waals surface area contributed by atoms with Crippen molar-refractivity contribution in [1.82, 2.24) is 0 Å². The van der Waals surface area contributed by atoms with E-state index in [1.54, 1.807) is 18.2 Å². The Kier molecular flexibility index (Phi) is 3.71. The third kappa shape index (κ3) is 2.85. The van der Waals surface area contributed by atoms with Crippen molar-refractivity contribution in [2.24, 2.45) is 0 Å². The molecule has 4 N–H and O–H groups in total. The molecule has 0 aliphatic carbocycles. The predicted molar refractivity (Wildman–Crippen MR) is 76.9 cm³/mol. The molecule has 0 aliphatic rings. The molecule has 0 fully saturated rings. The molecule has 4 heteroatoms. The van der Waals surface area contributed by atoms with Crippen molar-refractivity contribution < 1.29 is 9.90 Å². The van der Waals surface area contributed by atoms with Crippen molar-refractivity contribution in [1.29, 1.82) is 0 Å². The monoisotopic (exact) mass is 256 g/mol. The third-order valence-corrected chi connectivity index (χ3v) is 2.96. The Balaban J connectivity index is 2.33. The summed E-state index contributed by atoms with van der Waals surface area (Å²) in [5, 5.41) is 12.3. The van der Waals surface area contributed by atoms with Crippen molar-refractivity contribution in [3.63, 3.8) is 0 Å². The number of nitrogens with two attached hydrogens (primary N) is 1. The van der Waals surface area contributed by atoms with E-state index in [1.807, 2.05) is 24.3 Å². The highest BCUT2D eigenvalue weighted by molar-refractivity contribution is 5.95. The molecule has 19 heavy (non-hydrogen) atoms. The Hall–Kier alpha value is -2.49. The van der Waals surface area contributed by atoms with Crippen LogP contribution in [-0.2, 0) is 6.42 Å². The lowest BCUT2D eigenvalue weighted by Gasteiger charge is -2.12. The number of aromatic carboxylic acids is 1. The number of carboxylic acids is 1. The summed E-state index contributed by atoms with van der Waals surface area (Å²) in [4.78, 5) is 11.0. The maximum atomic E-state index is 11.0. The smallest absolute Gasteiger partial charge is 0.337 e. The van der Waals surface area contributed by atoms with E-state index in [0.29, 0.717) is 5.69 Å². The number of carbonyl (C=O) groups is 1. The molecule has 4 nitrogen and oxygen atoms in total. The summed E-state index contributed by atoms with van der Waals surface area (Å²) in [5.41, 5.74) is 8.88. The molecule has 0 aromatic heterocycles. The summed E-state index contributed by atoms with van der Waals surface area (Å²) in [6.45, 7) is 2.08. The van der Waals surface area contributed by atoms with Gasteiger partial charge >= 0.3 is 5.97 Å². The van der Waals surface area contributed by atoms with Crippen LogP contribution < -0.4 is 11.1 Å². The Labute approximate surface area is 111 Å². The van der Waals surface area contributed by atoms with Crippen LogP contribution in [0.4, 0.5) is 17.1 Å². The Morgan fingerprint density at radius 2 is 2.00 bits per heavy atom. The van der Waals surface area contributed by atoms with E-state index in [1.165, 1.54) is 5.56 Å². The van der Waals surface area contributed by atoms with E-state index in [0.717, 1.165) is 12.1 Å². The van der Waals surface area contributed by atoms with E-state index < -0.39 is 5.97 Å². The number of aryl methyl sites for hydroxylation is 1. The second-order valence-corrected chi connectivity index (χ2v) is 4.24. The van der Waals surface area contributed by atoms with Gasteiger partial charge in [-0.3, -0.25) is 0 Å². The quantitative estimate of drug-likeness (QED) is 0.734. The average molecular weight is 256 g/mol. The topological polar surface area (TPSA) is 75.3 Å². The number of rotatable bonds is 4. The van der Waals surface area contributed by atoms with Gasteiger partial charge < -0.3 is 16.2 Å². The number of hydrogen-bond acceptors (Lipinski definition) is 3. The first kappa shape index (κ1) is 13.0. The van der Waals surface area contributed by atoms with Gasteiger partial charge in [0, 0.05) is 17.1 Å². The zero-order valence-electron chi connectivity index (χ0n) is 10.7. The number of anilines is 3. The fourth-order valence-electron chi connectivity index (χ4n) is 1.93. The van der Waals surface area contributed by atoms with Gasteiger partial charge in [-0.25, -0.2) is 4.79 Å². The van der Waals surface area contributed by atoms with E-state index in [-0.39, 0.29) is 11.3 Å². The van der Waals surface area contributed by atoms with Crippen molar-refractivity contribution >= 4 is 23.0 Å². The SMILES string of the molecule is CCc1ccccc1Nc1ccc(N)c(C(=O)O)c1. The van der Waals surface area contributed by atoms with E-state index in [9.17, 15) is 4.79 Å². The van der Waals surface area contributed by atoms with Gasteiger partial charge in [-0.1, -0.05) is 25.1 Å². The van der Waals surface area contributed by atoms with Crippen molar-refractivity contribution in [2.45, 2.75) is 13.3 Å². The fourth-order valence-corrected chi connectivity index (χ4v) is 1.93. The number of para-hydroxylation sites is 1. The number of benzene rings is 2. The summed E-state index contributed by atoms with van der Waals surface area (Å²) >= 11 is 0. The van der Waals surface area contributed by atoms with Crippen molar-refractivity contribution in [2.75, 3.05) is 11.1 Å². The Morgan fingerprint density at radius 1 is 1.26 bits per heavy atom. The first-order chi connectivity index (χ1) is 9.11. The maximum absolute atomic E-state index is 11.0. The minimum atomic E-state index is -1.02. The van der Waals surface area contributed by atoms with Gasteiger partial charge in [-0.2, -0.15) is 0 Å². The van der Waals surface area contributed by atoms with E-state index in [2.05, 4.69) is 12.2 Å². The van der Waals surface area contributed by atoms with E-state index >= 15 is 0 Å². The van der Waals surface area contributed by atoms with E-state index in [4.69, 9.17) is 10.8 Å². The highest BCUT2D eigenvalue weighted by Gasteiger charge is 2.09. The summed E-state index contributed by atoms with van der Waals surface area (Å²) in [7, 11) is 0. The summed E-state index contributed by atoms with van der Waals surface area (Å²) < 4.78 is 0. The largest absolute Gasteiger partial charge is 0.478 e. The Bertz CT molecular complexity index is 609. The first-order valence-corrected chi connectivity index (χ1v) is 6.09. The van der Waals surface area contributed by atoms with Crippen LogP contribution in [0.1, 0.15) is 22.8 Å². The van der Waals surface area contributed by atoms with Gasteiger partial charge in [0.2, 0.25) is 0 Å². The van der Waals surface area contributed by atoms with Crippen LogP contribution in [0, 0.1) is 0 Å². The molecule has 2 aromatic rings. The zero-order valence-corrected chi connectivity index (χ0v) is 10.7. The standard InChI is InChI=1S/C15H16N2O2/c1-2-10-5-3-4-6-14(10)17-11-7-8-13(16)12(9-11)15(18)19/h3-9,17H,2,16H2,1H3,(H,18,19). The minimum absolute atomic E-state index is 0.110. The first-order valence-electron chi connectivity index (χ1n) is 6.09. The molecule has 0 spiro atoms. The lowest BCUT2D eigenvalue weighted by atomic mass is 10.1. The minimum Gasteiger partial charge on any atom is -0.478 e. The van der Waals surface area contributed by atoms with Gasteiger partial charge in [-0.05, 0) is 36.2 Å². The molecule has 0 saturated heterocycles. The molecule has 0 unspecified atom stereocenters. The summed E-state index contributed by atoms with van der Waals surface area (Å²) in [6, 6.07) is 12.8. The van der Waals surface area contributed by atoms with Gasteiger partial charge in [0.05, 0.1) is 5.56 Å². The second kappa shape index (κ2) is 5.44. The van der Waals surface area contributed by atoms with Crippen LogP contribution in [0.5, 0.6) is 0 Å². The average Bonchev–Trinajstić information content (AvgIpc) is 2.41. The van der Waals surface area contributed by atoms with Crippen molar-refractivity contribution in [3.05, 3.63) is 53.6 Å². The van der Waals surface area contributed by atoms with Crippen molar-refractivity contribution in [3.8, 4) is 0 Å². The van der Waals surface area contributed by atoms with Crippen LogP contribution in [0.3, 0.4) is 0 Å². The van der Waals surface area contributed by atoms with Crippen LogP contribution in [0.25, 0.3) is 0 Å². The van der Waals surface area contributed by atoms with Gasteiger partial charge in [-0.15, -0.1) is 0 Å². The summed E-state index contributed by atoms with van der Waals surface area (Å²) in [6.07, 6.45) is 0.907. The van der Waals surface area contributed by atoms with Gasteiger partial charge in [0.1, 0.15) is 0 Å². The molecule has 0 saturated carbocycles. The highest BCUT2D eigenvalue weighted by Crippen LogP contribution is 2.24. The predicted octanol–water partition coefficient (Wildman–Crippen LogP) is 3.27. The van der Waals surface area contributed by atoms with Crippen LogP contribution in [-0.4, -0.2) is 11.1 Å². The molecule has 0 heterocycles. The lowest BCUT2D eigenvalue weighted by Crippen LogP contribution is -2.03. The third-order valence-electron chi connectivity index (χ3n) is 2.96. The molecular weight excluding hydrogens is 240 g/mol. The molecule has 0 amide bonds. The molecule has 98 valence electrons. The number of nitrogen functional groups attached to an aromatic ring is 1. The van der Waals surface area contributed by atoms with Crippen LogP contribution in [0.2, 0.25) is 0 Å². The second-order valence-electron chi connectivity index (χ2n) is 4.24. The normalized spacial score (nSPS) is 10.2. The van der Waals surface area contributed by atoms with Gasteiger partial charge in [0.15, 0.2) is 0 Å².